The average molecular weight is 296 g/mol. The van der Waals surface area contributed by atoms with Gasteiger partial charge in [-0.05, 0) is 25.2 Å². The largest absolute Gasteiger partial charge is 0.409 e. The second-order valence-electron chi connectivity index (χ2n) is 5.34. The Morgan fingerprint density at radius 1 is 1.70 bits per heavy atom. The third-order valence-corrected chi connectivity index (χ3v) is 4.92. The number of aryl methyl sites for hydroxylation is 1. The van der Waals surface area contributed by atoms with Gasteiger partial charge in [0.25, 0.3) is 0 Å². The molecule has 110 valence electrons. The molecule has 2 rings (SSSR count). The molecule has 1 amide bonds. The van der Waals surface area contributed by atoms with Gasteiger partial charge < -0.3 is 16.3 Å². The summed E-state index contributed by atoms with van der Waals surface area (Å²) in [5.74, 6) is 0.230. The van der Waals surface area contributed by atoms with Crippen molar-refractivity contribution in [1.82, 2.24) is 10.3 Å². The van der Waals surface area contributed by atoms with Gasteiger partial charge in [-0.2, -0.15) is 0 Å². The fraction of sp³-hybridized carbons (Fsp3) is 0.615. The van der Waals surface area contributed by atoms with E-state index in [4.69, 9.17) is 10.9 Å². The van der Waals surface area contributed by atoms with Crippen LogP contribution in [0.5, 0.6) is 0 Å². The van der Waals surface area contributed by atoms with Gasteiger partial charge in [0.2, 0.25) is 5.91 Å². The van der Waals surface area contributed by atoms with Crippen LogP contribution in [0.4, 0.5) is 0 Å². The van der Waals surface area contributed by atoms with Crippen molar-refractivity contribution in [2.75, 3.05) is 0 Å². The number of hydrogen-bond acceptors (Lipinski definition) is 5. The standard InChI is InChI=1S/C13H20N4O2S/c1-3-9-6-15-10(20-9)7-16-12(18)13(11(14)17-19)4-8(2)5-13/h6,8,19H,3-5,7H2,1-2H3,(H2,14,17)(H,16,18). The van der Waals surface area contributed by atoms with E-state index in [1.165, 1.54) is 4.88 Å². The maximum atomic E-state index is 12.3. The summed E-state index contributed by atoms with van der Waals surface area (Å²) >= 11 is 1.59. The van der Waals surface area contributed by atoms with E-state index in [-0.39, 0.29) is 11.7 Å². The Balaban J connectivity index is 1.99. The molecule has 1 fully saturated rings. The Hall–Kier alpha value is -1.63. The molecular weight excluding hydrogens is 276 g/mol. The highest BCUT2D eigenvalue weighted by Gasteiger charge is 2.52. The molecule has 0 saturated heterocycles. The van der Waals surface area contributed by atoms with Gasteiger partial charge in [0.05, 0.1) is 6.54 Å². The lowest BCUT2D eigenvalue weighted by molar-refractivity contribution is -0.133. The molecule has 7 heteroatoms. The Kier molecular flexibility index (Phi) is 4.27. The zero-order chi connectivity index (χ0) is 14.8. The molecule has 0 atom stereocenters. The minimum atomic E-state index is -0.848. The van der Waals surface area contributed by atoms with Crippen molar-refractivity contribution in [2.45, 2.75) is 39.7 Å². The predicted octanol–water partition coefficient (Wildman–Crippen LogP) is 1.48. The monoisotopic (exact) mass is 296 g/mol. The van der Waals surface area contributed by atoms with Crippen LogP contribution in [0.3, 0.4) is 0 Å². The summed E-state index contributed by atoms with van der Waals surface area (Å²) in [7, 11) is 0. The van der Waals surface area contributed by atoms with E-state index in [1.54, 1.807) is 11.3 Å². The fourth-order valence-electron chi connectivity index (χ4n) is 2.65. The van der Waals surface area contributed by atoms with Crippen molar-refractivity contribution < 1.29 is 10.0 Å². The van der Waals surface area contributed by atoms with Crippen LogP contribution in [0.2, 0.25) is 0 Å². The smallest absolute Gasteiger partial charge is 0.234 e. The number of thiazole rings is 1. The van der Waals surface area contributed by atoms with Crippen LogP contribution < -0.4 is 11.1 Å². The molecule has 1 aromatic heterocycles. The number of nitrogens with two attached hydrogens (primary N) is 1. The minimum absolute atomic E-state index is 0.00138. The quantitative estimate of drug-likeness (QED) is 0.331. The number of nitrogens with one attached hydrogen (secondary N) is 1. The number of rotatable bonds is 5. The molecule has 1 saturated carbocycles. The van der Waals surface area contributed by atoms with Gasteiger partial charge in [-0.1, -0.05) is 19.0 Å². The molecule has 1 heterocycles. The lowest BCUT2D eigenvalue weighted by atomic mass is 9.61. The number of amidine groups is 1. The Bertz CT molecular complexity index is 520. The van der Waals surface area contributed by atoms with Gasteiger partial charge in [0, 0.05) is 11.1 Å². The highest BCUT2D eigenvalue weighted by molar-refractivity contribution is 7.11. The summed E-state index contributed by atoms with van der Waals surface area (Å²) in [6.45, 7) is 4.50. The molecule has 1 aliphatic rings. The Morgan fingerprint density at radius 3 is 2.90 bits per heavy atom. The SMILES string of the molecule is CCc1cnc(CNC(=O)C2(C(N)=NO)CC(C)C2)s1. The number of oxime groups is 1. The third kappa shape index (κ3) is 2.63. The van der Waals surface area contributed by atoms with Crippen molar-refractivity contribution in [2.24, 2.45) is 22.2 Å². The highest BCUT2D eigenvalue weighted by Crippen LogP contribution is 2.45. The summed E-state index contributed by atoms with van der Waals surface area (Å²) in [6, 6.07) is 0. The molecule has 1 aliphatic carbocycles. The lowest BCUT2D eigenvalue weighted by Crippen LogP contribution is -2.56. The number of amides is 1. The number of carbonyl (C=O) groups excluding carboxylic acids is 1. The highest BCUT2D eigenvalue weighted by atomic mass is 32.1. The number of nitrogens with zero attached hydrogens (tertiary/aromatic N) is 2. The fourth-order valence-corrected chi connectivity index (χ4v) is 3.46. The minimum Gasteiger partial charge on any atom is -0.409 e. The summed E-state index contributed by atoms with van der Waals surface area (Å²) < 4.78 is 0. The molecule has 0 aliphatic heterocycles. The van der Waals surface area contributed by atoms with Crippen molar-refractivity contribution >= 4 is 23.1 Å². The summed E-state index contributed by atoms with van der Waals surface area (Å²) in [5, 5.41) is 15.6. The molecule has 6 nitrogen and oxygen atoms in total. The van der Waals surface area contributed by atoms with Crippen LogP contribution in [0.1, 0.15) is 36.6 Å². The molecule has 0 unspecified atom stereocenters. The first-order valence-corrected chi connectivity index (χ1v) is 7.53. The molecule has 0 aromatic carbocycles. The van der Waals surface area contributed by atoms with E-state index in [2.05, 4.69) is 22.4 Å². The van der Waals surface area contributed by atoms with E-state index in [1.807, 2.05) is 13.1 Å². The second kappa shape index (κ2) is 5.78. The van der Waals surface area contributed by atoms with E-state index in [9.17, 15) is 4.79 Å². The van der Waals surface area contributed by atoms with Gasteiger partial charge in [0.15, 0.2) is 5.84 Å². The van der Waals surface area contributed by atoms with Gasteiger partial charge in [0.1, 0.15) is 10.4 Å². The van der Waals surface area contributed by atoms with Crippen LogP contribution >= 0.6 is 11.3 Å². The first-order valence-electron chi connectivity index (χ1n) is 6.71. The first-order chi connectivity index (χ1) is 9.51. The van der Waals surface area contributed by atoms with Crippen molar-refractivity contribution in [3.63, 3.8) is 0 Å². The maximum absolute atomic E-state index is 12.3. The Morgan fingerprint density at radius 2 is 2.40 bits per heavy atom. The van der Waals surface area contributed by atoms with Crippen LogP contribution in [-0.2, 0) is 17.8 Å². The first kappa shape index (κ1) is 14.8. The second-order valence-corrected chi connectivity index (χ2v) is 6.54. The van der Waals surface area contributed by atoms with Gasteiger partial charge in [-0.25, -0.2) is 4.98 Å². The zero-order valence-corrected chi connectivity index (χ0v) is 12.5. The Labute approximate surface area is 122 Å². The number of hydrogen-bond donors (Lipinski definition) is 3. The van der Waals surface area contributed by atoms with E-state index < -0.39 is 5.41 Å². The van der Waals surface area contributed by atoms with Gasteiger partial charge in [-0.3, -0.25) is 4.79 Å². The number of carbonyl (C=O) groups is 1. The number of aromatic nitrogens is 1. The average Bonchev–Trinajstić information content (AvgIpc) is 2.88. The van der Waals surface area contributed by atoms with E-state index >= 15 is 0 Å². The van der Waals surface area contributed by atoms with Crippen molar-refractivity contribution in [3.05, 3.63) is 16.1 Å². The topological polar surface area (TPSA) is 101 Å². The summed E-state index contributed by atoms with van der Waals surface area (Å²) in [5.41, 5.74) is 4.85. The molecule has 0 spiro atoms. The molecule has 4 N–H and O–H groups in total. The molecule has 20 heavy (non-hydrogen) atoms. The zero-order valence-electron chi connectivity index (χ0n) is 11.7. The molecule has 1 aromatic rings. The van der Waals surface area contributed by atoms with E-state index in [0.717, 1.165) is 11.4 Å². The van der Waals surface area contributed by atoms with Crippen LogP contribution in [0, 0.1) is 11.3 Å². The van der Waals surface area contributed by atoms with Crippen LogP contribution in [-0.4, -0.2) is 21.9 Å². The summed E-state index contributed by atoms with van der Waals surface area (Å²) in [4.78, 5) is 17.8. The molecular formula is C13H20N4O2S. The maximum Gasteiger partial charge on any atom is 0.234 e. The lowest BCUT2D eigenvalue weighted by Gasteiger charge is -2.43. The van der Waals surface area contributed by atoms with Gasteiger partial charge in [-0.15, -0.1) is 11.3 Å². The van der Waals surface area contributed by atoms with Crippen LogP contribution in [0.15, 0.2) is 11.4 Å². The molecule has 0 bridgehead atoms. The summed E-state index contributed by atoms with van der Waals surface area (Å²) in [6.07, 6.45) is 4.01. The van der Waals surface area contributed by atoms with Crippen LogP contribution in [0.25, 0.3) is 0 Å². The molecule has 0 radical (unpaired) electrons. The van der Waals surface area contributed by atoms with Gasteiger partial charge >= 0.3 is 0 Å². The third-order valence-electron chi connectivity index (χ3n) is 3.78. The van der Waals surface area contributed by atoms with Crippen molar-refractivity contribution in [1.29, 1.82) is 0 Å². The normalized spacial score (nSPS) is 26.1. The van der Waals surface area contributed by atoms with E-state index in [0.29, 0.717) is 25.3 Å². The predicted molar refractivity (Wildman–Crippen MR) is 77.6 cm³/mol. The van der Waals surface area contributed by atoms with Crippen molar-refractivity contribution in [3.8, 4) is 0 Å².